The van der Waals surface area contributed by atoms with Crippen LogP contribution in [0, 0.1) is 0 Å². The van der Waals surface area contributed by atoms with E-state index in [4.69, 9.17) is 4.42 Å². The largest absolute Gasteiger partial charge is 0.508 e. The van der Waals surface area contributed by atoms with Crippen molar-refractivity contribution in [2.75, 3.05) is 0 Å². The minimum absolute atomic E-state index is 0.103. The predicted molar refractivity (Wildman–Crippen MR) is 101 cm³/mol. The van der Waals surface area contributed by atoms with E-state index in [0.29, 0.717) is 18.1 Å². The average molecular weight is 364 g/mol. The number of nitrogens with one attached hydrogen (secondary N) is 1. The molecule has 2 heterocycles. The fourth-order valence-corrected chi connectivity index (χ4v) is 3.54. The second kappa shape index (κ2) is 7.01. The van der Waals surface area contributed by atoms with Gasteiger partial charge in [0.1, 0.15) is 11.5 Å². The van der Waals surface area contributed by atoms with Gasteiger partial charge in [-0.2, -0.15) is 0 Å². The number of benzene rings is 2. The van der Waals surface area contributed by atoms with Crippen molar-refractivity contribution in [1.29, 1.82) is 0 Å². The molecular weight excluding hydrogens is 348 g/mol. The molecule has 0 saturated carbocycles. The summed E-state index contributed by atoms with van der Waals surface area (Å²) in [5, 5.41) is 12.9. The molecular formula is C20H16N2O3S. The Hall–Kier alpha value is -3.12. The molecule has 4 aromatic rings. The van der Waals surface area contributed by atoms with Crippen molar-refractivity contribution in [1.82, 2.24) is 10.3 Å². The second-order valence-electron chi connectivity index (χ2n) is 5.87. The number of phenols is 1. The standard InChI is InChI=1S/C20H16N2O3S/c23-14-7-5-13(6-8-14)11-19(24)21-12-15-9-10-17(25-15)20-22-16-3-1-2-4-18(16)26-20/h1-10,23H,11-12H2,(H,21,24). The Bertz CT molecular complexity index is 1020. The van der Waals surface area contributed by atoms with E-state index in [9.17, 15) is 9.90 Å². The van der Waals surface area contributed by atoms with Crippen molar-refractivity contribution in [2.45, 2.75) is 13.0 Å². The van der Waals surface area contributed by atoms with Gasteiger partial charge in [0.2, 0.25) is 5.91 Å². The van der Waals surface area contributed by atoms with E-state index >= 15 is 0 Å². The Balaban J connectivity index is 1.38. The van der Waals surface area contributed by atoms with Crippen LogP contribution in [-0.4, -0.2) is 16.0 Å². The highest BCUT2D eigenvalue weighted by Crippen LogP contribution is 2.31. The highest BCUT2D eigenvalue weighted by Gasteiger charge is 2.11. The van der Waals surface area contributed by atoms with Crippen LogP contribution >= 0.6 is 11.3 Å². The van der Waals surface area contributed by atoms with Gasteiger partial charge < -0.3 is 14.8 Å². The van der Waals surface area contributed by atoms with Crippen molar-refractivity contribution in [3.05, 3.63) is 72.0 Å². The molecule has 0 bridgehead atoms. The topological polar surface area (TPSA) is 75.4 Å². The first-order valence-electron chi connectivity index (χ1n) is 8.17. The fourth-order valence-electron chi connectivity index (χ4n) is 2.61. The Labute approximate surface area is 153 Å². The van der Waals surface area contributed by atoms with Gasteiger partial charge in [0.05, 0.1) is 23.2 Å². The molecule has 0 unspecified atom stereocenters. The molecule has 0 aliphatic carbocycles. The number of phenolic OH excluding ortho intramolecular Hbond substituents is 1. The zero-order valence-electron chi connectivity index (χ0n) is 13.8. The minimum Gasteiger partial charge on any atom is -0.508 e. The summed E-state index contributed by atoms with van der Waals surface area (Å²) in [4.78, 5) is 16.6. The number of hydrogen-bond acceptors (Lipinski definition) is 5. The number of fused-ring (bicyclic) bond motifs is 1. The van der Waals surface area contributed by atoms with E-state index in [1.54, 1.807) is 35.6 Å². The summed E-state index contributed by atoms with van der Waals surface area (Å²) in [6.45, 7) is 0.321. The number of carbonyl (C=O) groups is 1. The predicted octanol–water partition coefficient (Wildman–Crippen LogP) is 4.12. The van der Waals surface area contributed by atoms with Crippen LogP contribution in [0.15, 0.2) is 65.1 Å². The SMILES string of the molecule is O=C(Cc1ccc(O)cc1)NCc1ccc(-c2nc3ccccc3s2)o1. The molecule has 0 fully saturated rings. The molecule has 0 saturated heterocycles. The summed E-state index contributed by atoms with van der Waals surface area (Å²) < 4.78 is 6.93. The lowest BCUT2D eigenvalue weighted by Gasteiger charge is -2.03. The minimum atomic E-state index is -0.103. The monoisotopic (exact) mass is 364 g/mol. The first-order valence-corrected chi connectivity index (χ1v) is 8.98. The molecule has 130 valence electrons. The Morgan fingerprint density at radius 1 is 1.08 bits per heavy atom. The van der Waals surface area contributed by atoms with Gasteiger partial charge in [0.15, 0.2) is 10.8 Å². The van der Waals surface area contributed by atoms with E-state index in [-0.39, 0.29) is 18.1 Å². The van der Waals surface area contributed by atoms with Gasteiger partial charge >= 0.3 is 0 Å². The normalized spacial score (nSPS) is 10.9. The molecule has 2 N–H and O–H groups in total. The van der Waals surface area contributed by atoms with Crippen LogP contribution in [0.4, 0.5) is 0 Å². The summed E-state index contributed by atoms with van der Waals surface area (Å²) in [6, 6.07) is 18.3. The zero-order chi connectivity index (χ0) is 17.9. The number of para-hydroxylation sites is 1. The molecule has 6 heteroatoms. The molecule has 1 amide bonds. The summed E-state index contributed by atoms with van der Waals surface area (Å²) in [7, 11) is 0. The third kappa shape index (κ3) is 3.60. The highest BCUT2D eigenvalue weighted by molar-refractivity contribution is 7.21. The molecule has 2 aromatic carbocycles. The maximum Gasteiger partial charge on any atom is 0.224 e. The summed E-state index contributed by atoms with van der Waals surface area (Å²) in [6.07, 6.45) is 0.256. The molecule has 2 aromatic heterocycles. The number of thiazole rings is 1. The summed E-state index contributed by atoms with van der Waals surface area (Å²) in [5.41, 5.74) is 1.79. The van der Waals surface area contributed by atoms with Crippen LogP contribution in [0.25, 0.3) is 21.0 Å². The lowest BCUT2D eigenvalue weighted by atomic mass is 10.1. The zero-order valence-corrected chi connectivity index (χ0v) is 14.6. The number of carbonyl (C=O) groups excluding carboxylic acids is 1. The molecule has 0 atom stereocenters. The smallest absolute Gasteiger partial charge is 0.224 e. The van der Waals surface area contributed by atoms with Crippen LogP contribution < -0.4 is 5.32 Å². The average Bonchev–Trinajstić information content (AvgIpc) is 3.28. The third-order valence-electron chi connectivity index (χ3n) is 3.93. The Morgan fingerprint density at radius 3 is 2.69 bits per heavy atom. The van der Waals surface area contributed by atoms with E-state index in [1.807, 2.05) is 36.4 Å². The molecule has 4 rings (SSSR count). The van der Waals surface area contributed by atoms with Crippen LogP contribution in [-0.2, 0) is 17.8 Å². The molecule has 5 nitrogen and oxygen atoms in total. The number of amides is 1. The number of aromatic hydroxyl groups is 1. The molecule has 0 aliphatic rings. The Morgan fingerprint density at radius 2 is 1.88 bits per heavy atom. The van der Waals surface area contributed by atoms with Gasteiger partial charge in [-0.3, -0.25) is 4.79 Å². The van der Waals surface area contributed by atoms with Crippen molar-refractivity contribution >= 4 is 27.5 Å². The van der Waals surface area contributed by atoms with Gasteiger partial charge in [-0.05, 0) is 42.0 Å². The molecule has 0 spiro atoms. The van der Waals surface area contributed by atoms with Gasteiger partial charge in [-0.25, -0.2) is 4.98 Å². The number of hydrogen-bond donors (Lipinski definition) is 2. The summed E-state index contributed by atoms with van der Waals surface area (Å²) >= 11 is 1.58. The van der Waals surface area contributed by atoms with E-state index in [0.717, 1.165) is 20.8 Å². The second-order valence-corrected chi connectivity index (χ2v) is 6.90. The van der Waals surface area contributed by atoms with Crippen LogP contribution in [0.2, 0.25) is 0 Å². The molecule has 0 aliphatic heterocycles. The van der Waals surface area contributed by atoms with Gasteiger partial charge in [0.25, 0.3) is 0 Å². The van der Waals surface area contributed by atoms with Crippen molar-refractivity contribution in [3.63, 3.8) is 0 Å². The quantitative estimate of drug-likeness (QED) is 0.558. The lowest BCUT2D eigenvalue weighted by Crippen LogP contribution is -2.24. The highest BCUT2D eigenvalue weighted by atomic mass is 32.1. The first-order chi connectivity index (χ1) is 12.7. The van der Waals surface area contributed by atoms with E-state index < -0.39 is 0 Å². The van der Waals surface area contributed by atoms with Crippen LogP contribution in [0.1, 0.15) is 11.3 Å². The van der Waals surface area contributed by atoms with Gasteiger partial charge in [0, 0.05) is 0 Å². The number of furan rings is 1. The van der Waals surface area contributed by atoms with Crippen molar-refractivity contribution in [2.24, 2.45) is 0 Å². The fraction of sp³-hybridized carbons (Fsp3) is 0.100. The van der Waals surface area contributed by atoms with E-state index in [1.165, 1.54) is 0 Å². The maximum absolute atomic E-state index is 12.0. The number of rotatable bonds is 5. The molecule has 26 heavy (non-hydrogen) atoms. The molecule has 0 radical (unpaired) electrons. The summed E-state index contributed by atoms with van der Waals surface area (Å²) in [5.74, 6) is 1.47. The number of nitrogens with zero attached hydrogens (tertiary/aromatic N) is 1. The number of aromatic nitrogens is 1. The van der Waals surface area contributed by atoms with Crippen molar-refractivity contribution in [3.8, 4) is 16.5 Å². The van der Waals surface area contributed by atoms with Crippen LogP contribution in [0.5, 0.6) is 5.75 Å². The van der Waals surface area contributed by atoms with E-state index in [2.05, 4.69) is 10.3 Å². The lowest BCUT2D eigenvalue weighted by molar-refractivity contribution is -0.120. The van der Waals surface area contributed by atoms with Gasteiger partial charge in [-0.1, -0.05) is 24.3 Å². The third-order valence-corrected chi connectivity index (χ3v) is 4.98. The van der Waals surface area contributed by atoms with Crippen molar-refractivity contribution < 1.29 is 14.3 Å². The van der Waals surface area contributed by atoms with Gasteiger partial charge in [-0.15, -0.1) is 11.3 Å². The van der Waals surface area contributed by atoms with Crippen LogP contribution in [0.3, 0.4) is 0 Å². The Kier molecular flexibility index (Phi) is 4.41. The first kappa shape index (κ1) is 16.4. The maximum atomic E-state index is 12.0.